The number of benzene rings is 1. The normalized spacial score (nSPS) is 13.2. The van der Waals surface area contributed by atoms with E-state index in [0.29, 0.717) is 16.5 Å². The zero-order chi connectivity index (χ0) is 16.5. The summed E-state index contributed by atoms with van der Waals surface area (Å²) >= 11 is 5.75. The highest BCUT2D eigenvalue weighted by Gasteiger charge is 2.21. The third kappa shape index (κ3) is 2.92. The van der Waals surface area contributed by atoms with Crippen molar-refractivity contribution in [3.8, 4) is 5.88 Å². The number of nitrogens with zero attached hydrogens (tertiary/aromatic N) is 3. The van der Waals surface area contributed by atoms with Gasteiger partial charge in [0.2, 0.25) is 5.88 Å². The first-order chi connectivity index (χ1) is 11.7. The zero-order valence-corrected chi connectivity index (χ0v) is 13.4. The van der Waals surface area contributed by atoms with Crippen molar-refractivity contribution in [1.29, 1.82) is 0 Å². The van der Waals surface area contributed by atoms with Gasteiger partial charge in [0.1, 0.15) is 18.2 Å². The molecule has 7 heteroatoms. The minimum atomic E-state index is -0.385. The predicted octanol–water partition coefficient (Wildman–Crippen LogP) is 3.70. The second kappa shape index (κ2) is 6.13. The maximum absolute atomic E-state index is 13.8. The molecule has 0 radical (unpaired) electrons. The minimum Gasteiger partial charge on any atom is -0.473 e. The summed E-state index contributed by atoms with van der Waals surface area (Å²) in [4.78, 5) is 6.62. The number of halogens is 2. The SMILES string of the molecule is Fc1cc(Cl)ccc1COc1cccc(N2Cc3cn[nH]c3C2)n1. The molecular formula is C17H14ClFN4O. The van der Waals surface area contributed by atoms with Gasteiger partial charge in [-0.2, -0.15) is 10.1 Å². The van der Waals surface area contributed by atoms with Gasteiger partial charge in [-0.3, -0.25) is 5.10 Å². The van der Waals surface area contributed by atoms with E-state index in [4.69, 9.17) is 16.3 Å². The molecular weight excluding hydrogens is 331 g/mol. The summed E-state index contributed by atoms with van der Waals surface area (Å²) in [7, 11) is 0. The lowest BCUT2D eigenvalue weighted by atomic mass is 10.2. The Balaban J connectivity index is 1.46. The Hall–Kier alpha value is -2.60. The molecule has 0 saturated heterocycles. The molecule has 1 aromatic carbocycles. The van der Waals surface area contributed by atoms with Crippen molar-refractivity contribution >= 4 is 17.4 Å². The number of nitrogens with one attached hydrogen (secondary N) is 1. The van der Waals surface area contributed by atoms with Crippen molar-refractivity contribution in [1.82, 2.24) is 15.2 Å². The molecule has 3 heterocycles. The fourth-order valence-electron chi connectivity index (χ4n) is 2.68. The molecule has 1 aliphatic rings. The minimum absolute atomic E-state index is 0.0996. The van der Waals surface area contributed by atoms with Crippen LogP contribution in [0.5, 0.6) is 5.88 Å². The maximum atomic E-state index is 13.8. The van der Waals surface area contributed by atoms with Gasteiger partial charge in [-0.15, -0.1) is 0 Å². The molecule has 0 aliphatic carbocycles. The van der Waals surface area contributed by atoms with Gasteiger partial charge in [-0.1, -0.05) is 23.7 Å². The van der Waals surface area contributed by atoms with Crippen LogP contribution in [0.3, 0.4) is 0 Å². The number of aromatic nitrogens is 3. The van der Waals surface area contributed by atoms with E-state index in [1.54, 1.807) is 18.2 Å². The first-order valence-corrected chi connectivity index (χ1v) is 7.87. The molecule has 4 rings (SSSR count). The number of hydrogen-bond donors (Lipinski definition) is 1. The monoisotopic (exact) mass is 344 g/mol. The van der Waals surface area contributed by atoms with E-state index in [2.05, 4.69) is 20.1 Å². The van der Waals surface area contributed by atoms with E-state index in [-0.39, 0.29) is 12.4 Å². The number of anilines is 1. The zero-order valence-electron chi connectivity index (χ0n) is 12.7. The number of fused-ring (bicyclic) bond motifs is 1. The van der Waals surface area contributed by atoms with Gasteiger partial charge in [0.05, 0.1) is 18.4 Å². The second-order valence-electron chi connectivity index (χ2n) is 5.59. The fourth-order valence-corrected chi connectivity index (χ4v) is 2.84. The molecule has 0 spiro atoms. The Morgan fingerprint density at radius 3 is 3.00 bits per heavy atom. The average Bonchev–Trinajstić information content (AvgIpc) is 3.16. The van der Waals surface area contributed by atoms with Crippen molar-refractivity contribution < 1.29 is 9.13 Å². The van der Waals surface area contributed by atoms with Crippen molar-refractivity contribution in [2.45, 2.75) is 19.7 Å². The third-order valence-electron chi connectivity index (χ3n) is 3.94. The molecule has 0 atom stereocenters. The molecule has 0 saturated carbocycles. The van der Waals surface area contributed by atoms with Crippen LogP contribution in [0.25, 0.3) is 0 Å². The van der Waals surface area contributed by atoms with E-state index >= 15 is 0 Å². The quantitative estimate of drug-likeness (QED) is 0.784. The van der Waals surface area contributed by atoms with Crippen LogP contribution in [0.2, 0.25) is 5.02 Å². The second-order valence-corrected chi connectivity index (χ2v) is 6.02. The summed E-state index contributed by atoms with van der Waals surface area (Å²) < 4.78 is 19.4. The number of pyridine rings is 1. The van der Waals surface area contributed by atoms with Crippen LogP contribution in [0.4, 0.5) is 10.2 Å². The predicted molar refractivity (Wildman–Crippen MR) is 88.5 cm³/mol. The molecule has 0 bridgehead atoms. The highest BCUT2D eigenvalue weighted by Crippen LogP contribution is 2.26. The van der Waals surface area contributed by atoms with Crippen LogP contribution >= 0.6 is 11.6 Å². The number of H-pyrrole nitrogens is 1. The van der Waals surface area contributed by atoms with Crippen LogP contribution in [0, 0.1) is 5.82 Å². The van der Waals surface area contributed by atoms with Crippen molar-refractivity contribution in [2.24, 2.45) is 0 Å². The molecule has 24 heavy (non-hydrogen) atoms. The Morgan fingerprint density at radius 1 is 1.25 bits per heavy atom. The highest BCUT2D eigenvalue weighted by atomic mass is 35.5. The topological polar surface area (TPSA) is 54.0 Å². The summed E-state index contributed by atoms with van der Waals surface area (Å²) in [6.07, 6.45) is 1.83. The van der Waals surface area contributed by atoms with Crippen LogP contribution < -0.4 is 9.64 Å². The van der Waals surface area contributed by atoms with Crippen LogP contribution in [0.15, 0.2) is 42.6 Å². The lowest BCUT2D eigenvalue weighted by Crippen LogP contribution is -2.16. The van der Waals surface area contributed by atoms with E-state index in [1.165, 1.54) is 11.6 Å². The van der Waals surface area contributed by atoms with Crippen LogP contribution in [-0.4, -0.2) is 15.2 Å². The molecule has 122 valence electrons. The molecule has 0 fully saturated rings. The number of rotatable bonds is 4. The summed E-state index contributed by atoms with van der Waals surface area (Å²) in [5.41, 5.74) is 2.71. The largest absolute Gasteiger partial charge is 0.473 e. The first-order valence-electron chi connectivity index (χ1n) is 7.49. The van der Waals surface area contributed by atoms with E-state index in [1.807, 2.05) is 18.3 Å². The Bertz CT molecular complexity index is 862. The maximum Gasteiger partial charge on any atom is 0.215 e. The van der Waals surface area contributed by atoms with Gasteiger partial charge >= 0.3 is 0 Å². The Morgan fingerprint density at radius 2 is 2.17 bits per heavy atom. The highest BCUT2D eigenvalue weighted by molar-refractivity contribution is 6.30. The van der Waals surface area contributed by atoms with Crippen LogP contribution in [-0.2, 0) is 19.7 Å². The third-order valence-corrected chi connectivity index (χ3v) is 4.18. The summed E-state index contributed by atoms with van der Waals surface area (Å²) in [6, 6.07) is 10.1. The molecule has 5 nitrogen and oxygen atoms in total. The lowest BCUT2D eigenvalue weighted by Gasteiger charge is -2.17. The summed E-state index contributed by atoms with van der Waals surface area (Å²) in [5, 5.41) is 7.38. The molecule has 2 aromatic heterocycles. The number of hydrogen-bond acceptors (Lipinski definition) is 4. The first kappa shape index (κ1) is 15.0. The Kier molecular flexibility index (Phi) is 3.82. The fraction of sp³-hybridized carbons (Fsp3) is 0.176. The van der Waals surface area contributed by atoms with Gasteiger partial charge in [0, 0.05) is 28.8 Å². The van der Waals surface area contributed by atoms with Crippen molar-refractivity contribution in [2.75, 3.05) is 4.90 Å². The lowest BCUT2D eigenvalue weighted by molar-refractivity contribution is 0.288. The molecule has 0 amide bonds. The van der Waals surface area contributed by atoms with Crippen LogP contribution in [0.1, 0.15) is 16.8 Å². The molecule has 1 aliphatic heterocycles. The summed E-state index contributed by atoms with van der Waals surface area (Å²) in [6.45, 7) is 1.59. The summed E-state index contributed by atoms with van der Waals surface area (Å²) in [5.74, 6) is 0.883. The smallest absolute Gasteiger partial charge is 0.215 e. The van der Waals surface area contributed by atoms with E-state index in [9.17, 15) is 4.39 Å². The van der Waals surface area contributed by atoms with Gasteiger partial charge in [0.15, 0.2) is 0 Å². The number of ether oxygens (including phenoxy) is 1. The van der Waals surface area contributed by atoms with Crippen molar-refractivity contribution in [3.63, 3.8) is 0 Å². The standard InChI is InChI=1S/C17H14ClFN4O/c18-13-5-4-11(14(19)6-13)10-24-17-3-1-2-16(21-17)23-8-12-7-20-22-15(12)9-23/h1-7H,8-10H2,(H,20,22). The average molecular weight is 345 g/mol. The Labute approximate surface area is 143 Å². The van der Waals surface area contributed by atoms with Crippen molar-refractivity contribution in [3.05, 3.63) is 70.3 Å². The molecule has 0 unspecified atom stereocenters. The van der Waals surface area contributed by atoms with E-state index in [0.717, 1.165) is 24.6 Å². The van der Waals surface area contributed by atoms with Gasteiger partial charge in [0.25, 0.3) is 0 Å². The molecule has 3 aromatic rings. The molecule has 1 N–H and O–H groups in total. The number of aromatic amines is 1. The van der Waals surface area contributed by atoms with E-state index < -0.39 is 0 Å². The van der Waals surface area contributed by atoms with Gasteiger partial charge in [-0.05, 0) is 18.2 Å². The van der Waals surface area contributed by atoms with Gasteiger partial charge in [-0.25, -0.2) is 4.39 Å². The van der Waals surface area contributed by atoms with Gasteiger partial charge < -0.3 is 9.64 Å².